The molecule has 1 radical (unpaired) electrons. The molecular weight excluding hydrogens is 383 g/mol. The third-order valence-corrected chi connectivity index (χ3v) is 4.51. The number of aromatic nitrogens is 1. The number of hydrogen-bond acceptors (Lipinski definition) is 5. The van der Waals surface area contributed by atoms with Gasteiger partial charge >= 0.3 is 5.97 Å². The summed E-state index contributed by atoms with van der Waals surface area (Å²) in [6.07, 6.45) is 4.22. The fraction of sp³-hybridized carbons (Fsp3) is 0.238. The van der Waals surface area contributed by atoms with Crippen molar-refractivity contribution in [2.24, 2.45) is 4.99 Å². The van der Waals surface area contributed by atoms with Crippen molar-refractivity contribution >= 4 is 52.6 Å². The minimum Gasteiger partial charge on any atom is -0.497 e. The number of benzene rings is 2. The Morgan fingerprint density at radius 1 is 1.14 bits per heavy atom. The van der Waals surface area contributed by atoms with Crippen LogP contribution in [-0.4, -0.2) is 79.7 Å². The maximum Gasteiger partial charge on any atom is 0.340 e. The zero-order valence-electron chi connectivity index (χ0n) is 17.0. The number of aromatic carboxylic acids is 1. The van der Waals surface area contributed by atoms with Gasteiger partial charge in [0.25, 0.3) is 0 Å². The van der Waals surface area contributed by atoms with Gasteiger partial charge in [0.05, 0.1) is 21.3 Å². The fourth-order valence-corrected chi connectivity index (χ4v) is 3.11. The molecular formula is C21H22N2NaO5. The molecule has 1 heterocycles. The molecule has 0 aliphatic heterocycles. The first-order chi connectivity index (χ1) is 13.6. The summed E-state index contributed by atoms with van der Waals surface area (Å²) in [5.41, 5.74) is 2.65. The Morgan fingerprint density at radius 3 is 2.59 bits per heavy atom. The Morgan fingerprint density at radius 2 is 1.93 bits per heavy atom. The van der Waals surface area contributed by atoms with Crippen LogP contribution < -0.4 is 14.2 Å². The second-order valence-corrected chi connectivity index (χ2v) is 6.08. The van der Waals surface area contributed by atoms with Crippen LogP contribution in [0.2, 0.25) is 0 Å². The van der Waals surface area contributed by atoms with Crippen LogP contribution in [0.4, 0.5) is 0 Å². The fourth-order valence-electron chi connectivity index (χ4n) is 3.11. The largest absolute Gasteiger partial charge is 0.497 e. The van der Waals surface area contributed by atoms with Crippen molar-refractivity contribution in [2.45, 2.75) is 6.42 Å². The minimum atomic E-state index is -1.10. The molecule has 147 valence electrons. The number of carboxylic acid groups (broad SMARTS) is 1. The molecule has 7 nitrogen and oxygen atoms in total. The molecule has 0 aliphatic rings. The van der Waals surface area contributed by atoms with Gasteiger partial charge in [0, 0.05) is 65.0 Å². The van der Waals surface area contributed by atoms with Gasteiger partial charge in [0.2, 0.25) is 0 Å². The van der Waals surface area contributed by atoms with Gasteiger partial charge in [-0.1, -0.05) is 0 Å². The molecule has 0 saturated carbocycles. The summed E-state index contributed by atoms with van der Waals surface area (Å²) in [6, 6.07) is 9.19. The number of methoxy groups -OCH3 is 3. The van der Waals surface area contributed by atoms with E-state index in [2.05, 4.69) is 9.98 Å². The maximum absolute atomic E-state index is 11.7. The van der Waals surface area contributed by atoms with Crippen LogP contribution in [0.5, 0.6) is 17.2 Å². The van der Waals surface area contributed by atoms with Gasteiger partial charge < -0.3 is 24.3 Å². The maximum atomic E-state index is 11.7. The van der Waals surface area contributed by atoms with E-state index in [1.165, 1.54) is 14.2 Å². The number of carboxylic acids is 1. The van der Waals surface area contributed by atoms with Crippen molar-refractivity contribution in [2.75, 3.05) is 27.9 Å². The molecule has 0 saturated heterocycles. The number of carbonyl (C=O) groups is 1. The van der Waals surface area contributed by atoms with Gasteiger partial charge in [0.1, 0.15) is 11.3 Å². The molecule has 3 aromatic rings. The minimum absolute atomic E-state index is 0. The molecule has 0 aliphatic carbocycles. The van der Waals surface area contributed by atoms with E-state index in [1.54, 1.807) is 25.5 Å². The Hall–Kier alpha value is -2.48. The third-order valence-electron chi connectivity index (χ3n) is 4.51. The van der Waals surface area contributed by atoms with Crippen molar-refractivity contribution in [1.82, 2.24) is 4.98 Å². The standard InChI is InChI=1S/C21H22N2O5.Na/c1-26-15-5-6-17-16(10-15)13(12-23-17)8-9-22-11-14-4-7-18(27-2)20(28-3)19(14)21(24)25;/h4-7,10-12,23H,8-9H2,1-3H3,(H,24,25);. The average molecular weight is 405 g/mol. The molecule has 3 rings (SSSR count). The van der Waals surface area contributed by atoms with Gasteiger partial charge in [-0.3, -0.25) is 4.99 Å². The van der Waals surface area contributed by atoms with E-state index in [9.17, 15) is 9.90 Å². The SMILES string of the molecule is COc1ccc2[nH]cc(CCN=Cc3ccc(OC)c(OC)c3C(=O)O)c2c1.[Na]. The summed E-state index contributed by atoms with van der Waals surface area (Å²) < 4.78 is 15.7. The first-order valence-corrected chi connectivity index (χ1v) is 8.71. The van der Waals surface area contributed by atoms with E-state index in [4.69, 9.17) is 14.2 Å². The topological polar surface area (TPSA) is 93.1 Å². The molecule has 2 aromatic carbocycles. The Kier molecular flexibility index (Phi) is 8.13. The van der Waals surface area contributed by atoms with Crippen LogP contribution in [0, 0.1) is 0 Å². The van der Waals surface area contributed by atoms with Gasteiger partial charge in [-0.2, -0.15) is 0 Å². The molecule has 0 fully saturated rings. The summed E-state index contributed by atoms with van der Waals surface area (Å²) in [7, 11) is 4.52. The summed E-state index contributed by atoms with van der Waals surface area (Å²) >= 11 is 0. The Balaban J connectivity index is 0.00000300. The molecule has 0 bridgehead atoms. The van der Waals surface area contributed by atoms with Crippen LogP contribution in [0.15, 0.2) is 41.5 Å². The van der Waals surface area contributed by atoms with Crippen LogP contribution in [0.3, 0.4) is 0 Å². The van der Waals surface area contributed by atoms with Crippen molar-refractivity contribution < 1.29 is 24.1 Å². The first-order valence-electron chi connectivity index (χ1n) is 8.71. The Bertz CT molecular complexity index is 1030. The van der Waals surface area contributed by atoms with Crippen molar-refractivity contribution in [3.63, 3.8) is 0 Å². The summed E-state index contributed by atoms with van der Waals surface area (Å²) in [6.45, 7) is 0.511. The van der Waals surface area contributed by atoms with Gasteiger partial charge in [0.15, 0.2) is 11.5 Å². The molecule has 2 N–H and O–H groups in total. The summed E-state index contributed by atoms with van der Waals surface area (Å²) in [4.78, 5) is 19.3. The monoisotopic (exact) mass is 405 g/mol. The molecule has 0 spiro atoms. The smallest absolute Gasteiger partial charge is 0.340 e. The number of aromatic amines is 1. The van der Waals surface area contributed by atoms with E-state index in [-0.39, 0.29) is 40.9 Å². The van der Waals surface area contributed by atoms with Crippen LogP contribution >= 0.6 is 0 Å². The number of nitrogens with one attached hydrogen (secondary N) is 1. The van der Waals surface area contributed by atoms with Crippen molar-refractivity contribution in [3.05, 3.63) is 53.2 Å². The Labute approximate surface area is 191 Å². The second-order valence-electron chi connectivity index (χ2n) is 6.08. The number of ether oxygens (including phenoxy) is 3. The molecule has 0 unspecified atom stereocenters. The third kappa shape index (κ3) is 4.93. The first kappa shape index (κ1) is 22.8. The predicted molar refractivity (Wildman–Crippen MR) is 113 cm³/mol. The predicted octanol–water partition coefficient (Wildman–Crippen LogP) is 3.17. The second kappa shape index (κ2) is 10.3. The van der Waals surface area contributed by atoms with E-state index in [0.29, 0.717) is 24.3 Å². The van der Waals surface area contributed by atoms with Crippen molar-refractivity contribution in [1.29, 1.82) is 0 Å². The number of aliphatic imine (C=N–C) groups is 1. The van der Waals surface area contributed by atoms with E-state index >= 15 is 0 Å². The zero-order valence-corrected chi connectivity index (χ0v) is 19.0. The normalized spacial score (nSPS) is 10.7. The van der Waals surface area contributed by atoms with Crippen molar-refractivity contribution in [3.8, 4) is 17.2 Å². The molecule has 0 atom stereocenters. The average Bonchev–Trinajstić information content (AvgIpc) is 3.12. The van der Waals surface area contributed by atoms with Crippen LogP contribution in [0.1, 0.15) is 21.5 Å². The van der Waals surface area contributed by atoms with Crippen LogP contribution in [0.25, 0.3) is 10.9 Å². The summed E-state index contributed by atoms with van der Waals surface area (Å²) in [5, 5.41) is 10.6. The van der Waals surface area contributed by atoms with Gasteiger partial charge in [-0.25, -0.2) is 4.79 Å². The molecule has 29 heavy (non-hydrogen) atoms. The number of fused-ring (bicyclic) bond motifs is 1. The number of rotatable bonds is 8. The molecule has 8 heteroatoms. The van der Waals surface area contributed by atoms with Gasteiger partial charge in [-0.15, -0.1) is 0 Å². The number of nitrogens with zero attached hydrogens (tertiary/aromatic N) is 1. The zero-order chi connectivity index (χ0) is 20.1. The van der Waals surface area contributed by atoms with Crippen LogP contribution in [-0.2, 0) is 6.42 Å². The quantitative estimate of drug-likeness (QED) is 0.444. The number of H-pyrrole nitrogens is 1. The number of hydrogen-bond donors (Lipinski definition) is 2. The van der Waals surface area contributed by atoms with E-state index in [0.717, 1.165) is 22.2 Å². The summed E-state index contributed by atoms with van der Waals surface area (Å²) in [5.74, 6) is 0.252. The van der Waals surface area contributed by atoms with E-state index < -0.39 is 5.97 Å². The molecule has 1 aromatic heterocycles. The van der Waals surface area contributed by atoms with Gasteiger partial charge in [-0.05, 0) is 42.3 Å². The molecule has 0 amide bonds. The van der Waals surface area contributed by atoms with E-state index in [1.807, 2.05) is 24.4 Å².